The Bertz CT molecular complexity index is 357. The van der Waals surface area contributed by atoms with Gasteiger partial charge in [0, 0.05) is 18.0 Å². The molecule has 0 radical (unpaired) electrons. The lowest BCUT2D eigenvalue weighted by Crippen LogP contribution is -2.34. The van der Waals surface area contributed by atoms with Crippen LogP contribution in [0.5, 0.6) is 0 Å². The van der Waals surface area contributed by atoms with Gasteiger partial charge in [0.05, 0.1) is 12.1 Å². The van der Waals surface area contributed by atoms with Crippen molar-refractivity contribution in [3.8, 4) is 0 Å². The van der Waals surface area contributed by atoms with Gasteiger partial charge in [0.15, 0.2) is 0 Å². The molecule has 1 fully saturated rings. The second-order valence-corrected chi connectivity index (χ2v) is 4.56. The van der Waals surface area contributed by atoms with E-state index >= 15 is 0 Å². The van der Waals surface area contributed by atoms with Gasteiger partial charge in [-0.05, 0) is 38.0 Å². The van der Waals surface area contributed by atoms with Crippen molar-refractivity contribution in [3.63, 3.8) is 0 Å². The van der Waals surface area contributed by atoms with Crippen LogP contribution in [0.2, 0.25) is 0 Å². The fourth-order valence-corrected chi connectivity index (χ4v) is 1.83. The SMILES string of the molecule is Cc1ccc(NC2(C)CCOC2)cc1N. The zero-order chi connectivity index (χ0) is 10.9. The van der Waals surface area contributed by atoms with Crippen molar-refractivity contribution in [2.75, 3.05) is 24.3 Å². The van der Waals surface area contributed by atoms with Crippen LogP contribution >= 0.6 is 0 Å². The summed E-state index contributed by atoms with van der Waals surface area (Å²) in [6.45, 7) is 5.79. The Kier molecular flexibility index (Phi) is 2.57. The summed E-state index contributed by atoms with van der Waals surface area (Å²) in [7, 11) is 0. The van der Waals surface area contributed by atoms with E-state index in [1.54, 1.807) is 0 Å². The first-order valence-electron chi connectivity index (χ1n) is 5.31. The van der Waals surface area contributed by atoms with Crippen LogP contribution in [0.3, 0.4) is 0 Å². The molecule has 0 spiro atoms. The van der Waals surface area contributed by atoms with Crippen molar-refractivity contribution < 1.29 is 4.74 Å². The lowest BCUT2D eigenvalue weighted by Gasteiger charge is -2.25. The molecule has 0 saturated carbocycles. The summed E-state index contributed by atoms with van der Waals surface area (Å²) in [5.74, 6) is 0. The number of nitrogen functional groups attached to an aromatic ring is 1. The van der Waals surface area contributed by atoms with E-state index in [1.165, 1.54) is 0 Å². The molecule has 3 heteroatoms. The van der Waals surface area contributed by atoms with Crippen molar-refractivity contribution >= 4 is 11.4 Å². The largest absolute Gasteiger partial charge is 0.398 e. The van der Waals surface area contributed by atoms with E-state index in [0.717, 1.165) is 36.6 Å². The van der Waals surface area contributed by atoms with Gasteiger partial charge in [-0.2, -0.15) is 0 Å². The van der Waals surface area contributed by atoms with E-state index < -0.39 is 0 Å². The van der Waals surface area contributed by atoms with Crippen LogP contribution in [0.25, 0.3) is 0 Å². The van der Waals surface area contributed by atoms with Crippen molar-refractivity contribution in [2.24, 2.45) is 0 Å². The molecule has 1 unspecified atom stereocenters. The normalized spacial score (nSPS) is 25.5. The monoisotopic (exact) mass is 206 g/mol. The number of hydrogen-bond donors (Lipinski definition) is 2. The lowest BCUT2D eigenvalue weighted by atomic mass is 10.0. The van der Waals surface area contributed by atoms with Gasteiger partial charge >= 0.3 is 0 Å². The molecule has 2 rings (SSSR count). The molecular weight excluding hydrogens is 188 g/mol. The van der Waals surface area contributed by atoms with E-state index in [0.29, 0.717) is 0 Å². The zero-order valence-electron chi connectivity index (χ0n) is 9.34. The Morgan fingerprint density at radius 2 is 2.27 bits per heavy atom. The smallest absolute Gasteiger partial charge is 0.0694 e. The quantitative estimate of drug-likeness (QED) is 0.729. The average molecular weight is 206 g/mol. The summed E-state index contributed by atoms with van der Waals surface area (Å²) in [5, 5.41) is 3.48. The Labute approximate surface area is 90.6 Å². The maximum absolute atomic E-state index is 5.87. The lowest BCUT2D eigenvalue weighted by molar-refractivity contribution is 0.185. The average Bonchev–Trinajstić information content (AvgIpc) is 2.59. The maximum atomic E-state index is 5.87. The van der Waals surface area contributed by atoms with E-state index in [9.17, 15) is 0 Å². The van der Waals surface area contributed by atoms with E-state index in [1.807, 2.05) is 19.1 Å². The third-order valence-corrected chi connectivity index (χ3v) is 2.94. The predicted octanol–water partition coefficient (Wildman–Crippen LogP) is 2.17. The Morgan fingerprint density at radius 1 is 1.47 bits per heavy atom. The van der Waals surface area contributed by atoms with Crippen molar-refractivity contribution in [1.82, 2.24) is 0 Å². The highest BCUT2D eigenvalue weighted by Crippen LogP contribution is 2.25. The van der Waals surface area contributed by atoms with Gasteiger partial charge in [0.1, 0.15) is 0 Å². The highest BCUT2D eigenvalue weighted by molar-refractivity contribution is 5.59. The first-order valence-corrected chi connectivity index (χ1v) is 5.31. The molecule has 0 amide bonds. The summed E-state index contributed by atoms with van der Waals surface area (Å²) < 4.78 is 5.39. The molecule has 1 saturated heterocycles. The zero-order valence-corrected chi connectivity index (χ0v) is 9.34. The van der Waals surface area contributed by atoms with Crippen molar-refractivity contribution in [3.05, 3.63) is 23.8 Å². The van der Waals surface area contributed by atoms with E-state index in [2.05, 4.69) is 18.3 Å². The Hall–Kier alpha value is -1.22. The molecule has 3 N–H and O–H groups in total. The van der Waals surface area contributed by atoms with Crippen molar-refractivity contribution in [1.29, 1.82) is 0 Å². The minimum absolute atomic E-state index is 0.0572. The third-order valence-electron chi connectivity index (χ3n) is 2.94. The number of nitrogens with one attached hydrogen (secondary N) is 1. The van der Waals surface area contributed by atoms with Gasteiger partial charge in [-0.3, -0.25) is 0 Å². The van der Waals surface area contributed by atoms with Crippen LogP contribution in [0.4, 0.5) is 11.4 Å². The molecule has 0 bridgehead atoms. The summed E-state index contributed by atoms with van der Waals surface area (Å²) in [4.78, 5) is 0. The van der Waals surface area contributed by atoms with Gasteiger partial charge in [0.2, 0.25) is 0 Å². The molecule has 1 atom stereocenters. The number of rotatable bonds is 2. The van der Waals surface area contributed by atoms with Crippen molar-refractivity contribution in [2.45, 2.75) is 25.8 Å². The summed E-state index contributed by atoms with van der Waals surface area (Å²) >= 11 is 0. The molecule has 0 aliphatic carbocycles. The number of anilines is 2. The van der Waals surface area contributed by atoms with Crippen LogP contribution in [0.1, 0.15) is 18.9 Å². The first-order chi connectivity index (χ1) is 7.09. The van der Waals surface area contributed by atoms with Gasteiger partial charge in [-0.25, -0.2) is 0 Å². The van der Waals surface area contributed by atoms with Gasteiger partial charge in [-0.15, -0.1) is 0 Å². The topological polar surface area (TPSA) is 47.3 Å². The molecule has 1 aliphatic heterocycles. The number of nitrogens with two attached hydrogens (primary N) is 1. The predicted molar refractivity (Wildman–Crippen MR) is 63.1 cm³/mol. The first kappa shape index (κ1) is 10.3. The van der Waals surface area contributed by atoms with Gasteiger partial charge in [0.25, 0.3) is 0 Å². The number of benzene rings is 1. The number of aryl methyl sites for hydroxylation is 1. The molecule has 82 valence electrons. The molecule has 1 heterocycles. The Balaban J connectivity index is 2.13. The molecular formula is C12H18N2O. The standard InChI is InChI=1S/C12H18N2O/c1-9-3-4-10(7-11(9)13)14-12(2)5-6-15-8-12/h3-4,7,14H,5-6,8,13H2,1-2H3. The number of hydrogen-bond acceptors (Lipinski definition) is 3. The highest BCUT2D eigenvalue weighted by atomic mass is 16.5. The van der Waals surface area contributed by atoms with Crippen LogP contribution in [-0.2, 0) is 4.74 Å². The van der Waals surface area contributed by atoms with Crippen LogP contribution in [0, 0.1) is 6.92 Å². The van der Waals surface area contributed by atoms with E-state index in [-0.39, 0.29) is 5.54 Å². The molecule has 1 aromatic carbocycles. The third kappa shape index (κ3) is 2.23. The molecule has 15 heavy (non-hydrogen) atoms. The van der Waals surface area contributed by atoms with Gasteiger partial charge < -0.3 is 15.8 Å². The molecule has 3 nitrogen and oxygen atoms in total. The summed E-state index contributed by atoms with van der Waals surface area (Å²) in [5.41, 5.74) is 8.95. The number of ether oxygens (including phenoxy) is 1. The van der Waals surface area contributed by atoms with Gasteiger partial charge in [-0.1, -0.05) is 6.07 Å². The fraction of sp³-hybridized carbons (Fsp3) is 0.500. The van der Waals surface area contributed by atoms with Crippen LogP contribution in [0.15, 0.2) is 18.2 Å². The molecule has 1 aliphatic rings. The Morgan fingerprint density at radius 3 is 2.87 bits per heavy atom. The molecule has 0 aromatic heterocycles. The second kappa shape index (κ2) is 3.74. The molecule has 1 aromatic rings. The van der Waals surface area contributed by atoms with Crippen LogP contribution in [-0.4, -0.2) is 18.8 Å². The highest BCUT2D eigenvalue weighted by Gasteiger charge is 2.29. The maximum Gasteiger partial charge on any atom is 0.0694 e. The van der Waals surface area contributed by atoms with Crippen LogP contribution < -0.4 is 11.1 Å². The minimum atomic E-state index is 0.0572. The fourth-order valence-electron chi connectivity index (χ4n) is 1.83. The minimum Gasteiger partial charge on any atom is -0.398 e. The summed E-state index contributed by atoms with van der Waals surface area (Å²) in [6, 6.07) is 6.09. The summed E-state index contributed by atoms with van der Waals surface area (Å²) in [6.07, 6.45) is 1.04. The van der Waals surface area contributed by atoms with E-state index in [4.69, 9.17) is 10.5 Å². The second-order valence-electron chi connectivity index (χ2n) is 4.56.